The second kappa shape index (κ2) is 19.2. The van der Waals surface area contributed by atoms with E-state index in [0.29, 0.717) is 6.61 Å². The molecule has 1 aliphatic heterocycles. The number of allylic oxidation sites excluding steroid dienone is 2. The van der Waals surface area contributed by atoms with Gasteiger partial charge >= 0.3 is 0 Å². The van der Waals surface area contributed by atoms with Gasteiger partial charge in [-0.15, -0.1) is 0 Å². The third kappa shape index (κ3) is 13.1. The zero-order valence-electron chi connectivity index (χ0n) is 19.4. The van der Waals surface area contributed by atoms with Crippen LogP contribution in [-0.4, -0.2) is 59.6 Å². The molecule has 3 N–H and O–H groups in total. The molecule has 1 aliphatic rings. The molecule has 0 radical (unpaired) electrons. The van der Waals surface area contributed by atoms with Crippen LogP contribution in [-0.2, 0) is 9.47 Å². The number of hydrogen-bond acceptors (Lipinski definition) is 5. The molecule has 0 aliphatic carbocycles. The van der Waals surface area contributed by atoms with Crippen LogP contribution in [0.25, 0.3) is 0 Å². The first-order chi connectivity index (χ1) is 14.7. The minimum atomic E-state index is -0.976. The van der Waals surface area contributed by atoms with Crippen molar-refractivity contribution in [1.82, 2.24) is 0 Å². The molecule has 5 heteroatoms. The van der Waals surface area contributed by atoms with Gasteiger partial charge in [0, 0.05) is 6.61 Å². The number of aliphatic hydroxyl groups is 3. The zero-order chi connectivity index (χ0) is 21.9. The Bertz CT molecular complexity index is 401. The first-order valence-electron chi connectivity index (χ1n) is 12.6. The lowest BCUT2D eigenvalue weighted by Crippen LogP contribution is -2.55. The second-order valence-electron chi connectivity index (χ2n) is 8.74. The molecule has 0 saturated carbocycles. The summed E-state index contributed by atoms with van der Waals surface area (Å²) in [6.07, 6.45) is 20.7. The molecule has 4 atom stereocenters. The highest BCUT2D eigenvalue weighted by atomic mass is 16.6. The van der Waals surface area contributed by atoms with E-state index in [-0.39, 0.29) is 13.2 Å². The summed E-state index contributed by atoms with van der Waals surface area (Å²) in [6.45, 7) is 2.63. The Morgan fingerprint density at radius 2 is 1.33 bits per heavy atom. The van der Waals surface area contributed by atoms with Crippen LogP contribution in [0.3, 0.4) is 0 Å². The van der Waals surface area contributed by atoms with Gasteiger partial charge in [-0.1, -0.05) is 83.3 Å². The molecular formula is C25H48O5. The van der Waals surface area contributed by atoms with E-state index in [1.807, 2.05) is 0 Å². The molecule has 0 unspecified atom stereocenters. The number of rotatable bonds is 19. The molecule has 0 bridgehead atoms. The molecule has 0 spiro atoms. The maximum Gasteiger partial charge on any atom is 0.114 e. The number of ether oxygens (including phenoxy) is 2. The molecule has 0 aromatic rings. The first kappa shape index (κ1) is 27.6. The van der Waals surface area contributed by atoms with E-state index in [1.165, 1.54) is 83.5 Å². The van der Waals surface area contributed by atoms with Gasteiger partial charge in [0.25, 0.3) is 0 Å². The summed E-state index contributed by atoms with van der Waals surface area (Å²) in [4.78, 5) is 0. The molecule has 1 fully saturated rings. The molecular weight excluding hydrogens is 380 g/mol. The molecule has 30 heavy (non-hydrogen) atoms. The van der Waals surface area contributed by atoms with Crippen LogP contribution in [0.5, 0.6) is 0 Å². The topological polar surface area (TPSA) is 79.2 Å². The van der Waals surface area contributed by atoms with E-state index in [1.54, 1.807) is 0 Å². The quantitative estimate of drug-likeness (QED) is 0.201. The second-order valence-corrected chi connectivity index (χ2v) is 8.74. The standard InChI is InChI=1S/C25H48O5/c1-2-3-4-5-6-7-8-9-10-11-12-13-14-15-16-17-18-19-29-25-22(27)21-30-23(20-26)24(25)28/h11-12,22-28H,2-10,13-21H2,1H3/b12-11+/t22-,23+,24+,25+/m1/s1. The van der Waals surface area contributed by atoms with Crippen LogP contribution < -0.4 is 0 Å². The fraction of sp³-hybridized carbons (Fsp3) is 0.920. The Morgan fingerprint density at radius 1 is 0.800 bits per heavy atom. The molecule has 0 aromatic heterocycles. The predicted molar refractivity (Wildman–Crippen MR) is 123 cm³/mol. The zero-order valence-corrected chi connectivity index (χ0v) is 19.4. The summed E-state index contributed by atoms with van der Waals surface area (Å²) in [7, 11) is 0. The monoisotopic (exact) mass is 428 g/mol. The van der Waals surface area contributed by atoms with Crippen molar-refractivity contribution in [3.05, 3.63) is 12.2 Å². The van der Waals surface area contributed by atoms with Gasteiger partial charge in [-0.05, 0) is 32.1 Å². The van der Waals surface area contributed by atoms with Gasteiger partial charge in [-0.3, -0.25) is 0 Å². The van der Waals surface area contributed by atoms with Crippen LogP contribution in [0, 0.1) is 0 Å². The summed E-state index contributed by atoms with van der Waals surface area (Å²) < 4.78 is 10.8. The Morgan fingerprint density at radius 3 is 1.90 bits per heavy atom. The number of hydrogen-bond donors (Lipinski definition) is 3. The third-order valence-electron chi connectivity index (χ3n) is 5.97. The lowest BCUT2D eigenvalue weighted by atomic mass is 10.0. The van der Waals surface area contributed by atoms with Crippen LogP contribution >= 0.6 is 0 Å². The van der Waals surface area contributed by atoms with Crippen LogP contribution in [0.1, 0.15) is 103 Å². The first-order valence-corrected chi connectivity index (χ1v) is 12.6. The minimum Gasteiger partial charge on any atom is -0.394 e. The van der Waals surface area contributed by atoms with Crippen molar-refractivity contribution >= 4 is 0 Å². The van der Waals surface area contributed by atoms with Crippen LogP contribution in [0.15, 0.2) is 12.2 Å². The number of aliphatic hydroxyl groups excluding tert-OH is 3. The lowest BCUT2D eigenvalue weighted by Gasteiger charge is -2.37. The normalized spacial score (nSPS) is 24.7. The van der Waals surface area contributed by atoms with E-state index in [9.17, 15) is 10.2 Å². The Hall–Kier alpha value is -0.460. The molecule has 1 saturated heterocycles. The van der Waals surface area contributed by atoms with Crippen molar-refractivity contribution in [1.29, 1.82) is 0 Å². The average Bonchev–Trinajstić information content (AvgIpc) is 2.75. The summed E-state index contributed by atoms with van der Waals surface area (Å²) in [6, 6.07) is 0. The van der Waals surface area contributed by atoms with Gasteiger partial charge in [0.05, 0.1) is 13.2 Å². The van der Waals surface area contributed by atoms with E-state index in [4.69, 9.17) is 14.6 Å². The molecule has 0 amide bonds. The van der Waals surface area contributed by atoms with Crippen LogP contribution in [0.4, 0.5) is 0 Å². The Labute approximate surface area is 184 Å². The van der Waals surface area contributed by atoms with Gasteiger partial charge in [0.15, 0.2) is 0 Å². The third-order valence-corrected chi connectivity index (χ3v) is 5.97. The van der Waals surface area contributed by atoms with Gasteiger partial charge in [0.1, 0.15) is 24.4 Å². The molecule has 0 aromatic carbocycles. The highest BCUT2D eigenvalue weighted by Gasteiger charge is 2.38. The van der Waals surface area contributed by atoms with Crippen molar-refractivity contribution in [2.45, 2.75) is 128 Å². The van der Waals surface area contributed by atoms with Crippen molar-refractivity contribution in [2.24, 2.45) is 0 Å². The fourth-order valence-electron chi connectivity index (χ4n) is 3.97. The van der Waals surface area contributed by atoms with Gasteiger partial charge in [-0.25, -0.2) is 0 Å². The van der Waals surface area contributed by atoms with Crippen LogP contribution in [0.2, 0.25) is 0 Å². The van der Waals surface area contributed by atoms with E-state index in [0.717, 1.165) is 12.8 Å². The lowest BCUT2D eigenvalue weighted by molar-refractivity contribution is -0.210. The fourth-order valence-corrected chi connectivity index (χ4v) is 3.97. The maximum absolute atomic E-state index is 10.1. The summed E-state index contributed by atoms with van der Waals surface area (Å²) in [5.74, 6) is 0. The molecule has 1 heterocycles. The van der Waals surface area contributed by atoms with Gasteiger partial charge in [0.2, 0.25) is 0 Å². The average molecular weight is 429 g/mol. The summed E-state index contributed by atoms with van der Waals surface area (Å²) >= 11 is 0. The predicted octanol–water partition coefficient (Wildman–Crippen LogP) is 4.91. The summed E-state index contributed by atoms with van der Waals surface area (Å²) in [5.41, 5.74) is 0. The molecule has 178 valence electrons. The Kier molecular flexibility index (Phi) is 17.7. The number of unbranched alkanes of at least 4 members (excludes halogenated alkanes) is 13. The highest BCUT2D eigenvalue weighted by molar-refractivity contribution is 4.87. The summed E-state index contributed by atoms with van der Waals surface area (Å²) in [5, 5.41) is 29.1. The molecule has 1 rings (SSSR count). The van der Waals surface area contributed by atoms with Crippen molar-refractivity contribution < 1.29 is 24.8 Å². The van der Waals surface area contributed by atoms with E-state index < -0.39 is 24.4 Å². The van der Waals surface area contributed by atoms with E-state index in [2.05, 4.69) is 19.1 Å². The SMILES string of the molecule is CCCCCCCCCC/C=C/CCCCCCCO[C@@H]1[C@@H](O)[C@H](CO)OC[C@H]1O. The Balaban J connectivity index is 1.85. The van der Waals surface area contributed by atoms with Crippen molar-refractivity contribution in [3.63, 3.8) is 0 Å². The smallest absolute Gasteiger partial charge is 0.114 e. The minimum absolute atomic E-state index is 0.0967. The van der Waals surface area contributed by atoms with Crippen molar-refractivity contribution in [3.8, 4) is 0 Å². The van der Waals surface area contributed by atoms with Crippen molar-refractivity contribution in [2.75, 3.05) is 19.8 Å². The van der Waals surface area contributed by atoms with Gasteiger partial charge in [-0.2, -0.15) is 0 Å². The van der Waals surface area contributed by atoms with Gasteiger partial charge < -0.3 is 24.8 Å². The highest BCUT2D eigenvalue weighted by Crippen LogP contribution is 2.19. The molecule has 5 nitrogen and oxygen atoms in total. The largest absolute Gasteiger partial charge is 0.394 e. The van der Waals surface area contributed by atoms with E-state index >= 15 is 0 Å². The maximum atomic E-state index is 10.1.